The number of sulfonamides is 1. The van der Waals surface area contributed by atoms with Crippen LogP contribution in [0.3, 0.4) is 0 Å². The minimum absolute atomic E-state index is 0.0619. The minimum atomic E-state index is -3.89. The number of anilines is 2. The number of carbonyl (C=O) groups is 2. The molecule has 0 fully saturated rings. The van der Waals surface area contributed by atoms with Crippen molar-refractivity contribution in [3.05, 3.63) is 90.0 Å². The maximum Gasteiger partial charge on any atom is 0.243 e. The summed E-state index contributed by atoms with van der Waals surface area (Å²) in [5.74, 6) is -0.663. The molecular weight excluding hydrogens is 426 g/mol. The third-order valence-electron chi connectivity index (χ3n) is 4.67. The minimum Gasteiger partial charge on any atom is -0.326 e. The highest BCUT2D eigenvalue weighted by Crippen LogP contribution is 2.19. The molecule has 0 bridgehead atoms. The third-order valence-corrected chi connectivity index (χ3v) is 6.48. The van der Waals surface area contributed by atoms with E-state index in [0.717, 1.165) is 15.4 Å². The monoisotopic (exact) mass is 451 g/mol. The number of benzene rings is 3. The van der Waals surface area contributed by atoms with Crippen LogP contribution < -0.4 is 10.6 Å². The first-order valence-corrected chi connectivity index (χ1v) is 11.5. The van der Waals surface area contributed by atoms with E-state index in [2.05, 4.69) is 10.6 Å². The number of hydrogen-bond acceptors (Lipinski definition) is 4. The van der Waals surface area contributed by atoms with Crippen LogP contribution in [0.15, 0.2) is 83.8 Å². The Morgan fingerprint density at radius 1 is 0.812 bits per heavy atom. The maximum atomic E-state index is 13.2. The third kappa shape index (κ3) is 6.26. The molecule has 3 rings (SSSR count). The Labute approximate surface area is 188 Å². The first-order chi connectivity index (χ1) is 15.2. The summed E-state index contributed by atoms with van der Waals surface area (Å²) in [6, 6.07) is 22.1. The summed E-state index contributed by atoms with van der Waals surface area (Å²) in [5, 5.41) is 5.36. The fraction of sp³-hybridized carbons (Fsp3) is 0.167. The van der Waals surface area contributed by atoms with E-state index in [1.165, 1.54) is 19.1 Å². The molecule has 3 aromatic rings. The predicted octanol–water partition coefficient (Wildman–Crippen LogP) is 3.78. The normalized spacial score (nSPS) is 11.2. The molecular formula is C24H25N3O4S. The Hall–Kier alpha value is -3.49. The Morgan fingerprint density at radius 3 is 1.94 bits per heavy atom. The number of nitrogens with one attached hydrogen (secondary N) is 2. The molecule has 0 aromatic heterocycles. The summed E-state index contributed by atoms with van der Waals surface area (Å²) in [7, 11) is -3.89. The fourth-order valence-electron chi connectivity index (χ4n) is 3.07. The molecule has 0 aliphatic rings. The predicted molar refractivity (Wildman–Crippen MR) is 125 cm³/mol. The highest BCUT2D eigenvalue weighted by molar-refractivity contribution is 7.89. The molecule has 3 aromatic carbocycles. The van der Waals surface area contributed by atoms with Crippen molar-refractivity contribution in [2.24, 2.45) is 0 Å². The molecule has 0 spiro atoms. The van der Waals surface area contributed by atoms with Crippen LogP contribution in [0.4, 0.5) is 11.4 Å². The highest BCUT2D eigenvalue weighted by atomic mass is 32.2. The lowest BCUT2D eigenvalue weighted by Crippen LogP contribution is -2.37. The second-order valence-electron chi connectivity index (χ2n) is 7.38. The lowest BCUT2D eigenvalue weighted by atomic mass is 10.1. The molecule has 0 atom stereocenters. The number of carbonyl (C=O) groups excluding carboxylic acids is 2. The molecule has 7 nitrogen and oxygen atoms in total. The molecule has 2 amide bonds. The van der Waals surface area contributed by atoms with Crippen LogP contribution >= 0.6 is 0 Å². The largest absolute Gasteiger partial charge is 0.326 e. The molecule has 0 saturated carbocycles. The molecule has 32 heavy (non-hydrogen) atoms. The molecule has 0 unspecified atom stereocenters. The van der Waals surface area contributed by atoms with Crippen LogP contribution in [0, 0.1) is 6.92 Å². The standard InChI is InChI=1S/C24H25N3O4S/c1-18-8-10-20(11-9-18)16-27(32(30,31)23-6-4-3-5-7-23)17-24(29)26-22-14-12-21(13-15-22)25-19(2)28/h3-15H,16-17H2,1-2H3,(H,25,28)(H,26,29). The van der Waals surface area contributed by atoms with Crippen molar-refractivity contribution in [3.63, 3.8) is 0 Å². The molecule has 0 saturated heterocycles. The van der Waals surface area contributed by atoms with Gasteiger partial charge in [0.15, 0.2) is 0 Å². The average molecular weight is 452 g/mol. The van der Waals surface area contributed by atoms with Crippen molar-refractivity contribution in [1.82, 2.24) is 4.31 Å². The van der Waals surface area contributed by atoms with Gasteiger partial charge in [-0.1, -0.05) is 48.0 Å². The van der Waals surface area contributed by atoms with Crippen molar-refractivity contribution in [1.29, 1.82) is 0 Å². The van der Waals surface area contributed by atoms with E-state index in [0.29, 0.717) is 11.4 Å². The Morgan fingerprint density at radius 2 is 1.38 bits per heavy atom. The van der Waals surface area contributed by atoms with Gasteiger partial charge in [-0.25, -0.2) is 8.42 Å². The molecule has 0 aliphatic carbocycles. The smallest absolute Gasteiger partial charge is 0.243 e. The van der Waals surface area contributed by atoms with Crippen molar-refractivity contribution in [2.45, 2.75) is 25.3 Å². The van der Waals surface area contributed by atoms with Crippen LogP contribution in [0.2, 0.25) is 0 Å². The van der Waals surface area contributed by atoms with Gasteiger partial charge in [-0.05, 0) is 48.9 Å². The zero-order valence-electron chi connectivity index (χ0n) is 17.9. The summed E-state index contributed by atoms with van der Waals surface area (Å²) in [6.07, 6.45) is 0. The van der Waals surface area contributed by atoms with Gasteiger partial charge in [0.2, 0.25) is 21.8 Å². The van der Waals surface area contributed by atoms with E-state index in [1.54, 1.807) is 42.5 Å². The van der Waals surface area contributed by atoms with E-state index >= 15 is 0 Å². The van der Waals surface area contributed by atoms with Gasteiger partial charge in [0, 0.05) is 24.8 Å². The molecule has 8 heteroatoms. The Kier molecular flexibility index (Phi) is 7.40. The number of aryl methyl sites for hydroxylation is 1. The van der Waals surface area contributed by atoms with Crippen LogP contribution in [-0.4, -0.2) is 31.1 Å². The van der Waals surface area contributed by atoms with Crippen molar-refractivity contribution < 1.29 is 18.0 Å². The second kappa shape index (κ2) is 10.2. The Bertz CT molecular complexity index is 1180. The average Bonchev–Trinajstić information content (AvgIpc) is 2.76. The number of hydrogen-bond donors (Lipinski definition) is 2. The topological polar surface area (TPSA) is 95.6 Å². The summed E-state index contributed by atoms with van der Waals surface area (Å²) in [6.45, 7) is 3.07. The van der Waals surface area contributed by atoms with Gasteiger partial charge in [0.1, 0.15) is 0 Å². The van der Waals surface area contributed by atoms with Gasteiger partial charge < -0.3 is 10.6 Å². The number of nitrogens with zero attached hydrogens (tertiary/aromatic N) is 1. The van der Waals surface area contributed by atoms with Crippen molar-refractivity contribution in [2.75, 3.05) is 17.2 Å². The van der Waals surface area contributed by atoms with E-state index in [-0.39, 0.29) is 23.9 Å². The zero-order valence-corrected chi connectivity index (χ0v) is 18.7. The molecule has 166 valence electrons. The highest BCUT2D eigenvalue weighted by Gasteiger charge is 2.26. The first kappa shape index (κ1) is 23.2. The maximum absolute atomic E-state index is 13.2. The van der Waals surface area contributed by atoms with E-state index in [4.69, 9.17) is 0 Å². The van der Waals surface area contributed by atoms with E-state index < -0.39 is 15.9 Å². The molecule has 0 radical (unpaired) electrons. The summed E-state index contributed by atoms with van der Waals surface area (Å²) in [5.41, 5.74) is 2.94. The van der Waals surface area contributed by atoms with Gasteiger partial charge in [0.25, 0.3) is 0 Å². The van der Waals surface area contributed by atoms with Crippen molar-refractivity contribution >= 4 is 33.2 Å². The van der Waals surface area contributed by atoms with E-state index in [9.17, 15) is 18.0 Å². The van der Waals surface area contributed by atoms with Gasteiger partial charge in [0.05, 0.1) is 11.4 Å². The van der Waals surface area contributed by atoms with Gasteiger partial charge in [-0.15, -0.1) is 0 Å². The SMILES string of the molecule is CC(=O)Nc1ccc(NC(=O)CN(Cc2ccc(C)cc2)S(=O)(=O)c2ccccc2)cc1. The number of rotatable bonds is 8. The molecule has 0 heterocycles. The van der Waals surface area contributed by atoms with Crippen LogP contribution in [0.1, 0.15) is 18.1 Å². The van der Waals surface area contributed by atoms with Crippen LogP contribution in [0.5, 0.6) is 0 Å². The molecule has 2 N–H and O–H groups in total. The van der Waals surface area contributed by atoms with Crippen LogP contribution in [0.25, 0.3) is 0 Å². The van der Waals surface area contributed by atoms with Gasteiger partial charge in [-0.2, -0.15) is 4.31 Å². The number of amides is 2. The Balaban J connectivity index is 1.79. The van der Waals surface area contributed by atoms with Gasteiger partial charge >= 0.3 is 0 Å². The lowest BCUT2D eigenvalue weighted by molar-refractivity contribution is -0.116. The first-order valence-electron chi connectivity index (χ1n) is 10.0. The second-order valence-corrected chi connectivity index (χ2v) is 9.32. The van der Waals surface area contributed by atoms with E-state index in [1.807, 2.05) is 31.2 Å². The quantitative estimate of drug-likeness (QED) is 0.545. The molecule has 0 aliphatic heterocycles. The summed E-state index contributed by atoms with van der Waals surface area (Å²) in [4.78, 5) is 24.0. The summed E-state index contributed by atoms with van der Waals surface area (Å²) >= 11 is 0. The fourth-order valence-corrected chi connectivity index (χ4v) is 4.47. The summed E-state index contributed by atoms with van der Waals surface area (Å²) < 4.78 is 27.7. The lowest BCUT2D eigenvalue weighted by Gasteiger charge is -2.22. The van der Waals surface area contributed by atoms with Crippen LogP contribution in [-0.2, 0) is 26.2 Å². The zero-order chi connectivity index (χ0) is 23.1. The van der Waals surface area contributed by atoms with Gasteiger partial charge in [-0.3, -0.25) is 9.59 Å². The van der Waals surface area contributed by atoms with Crippen molar-refractivity contribution in [3.8, 4) is 0 Å².